The molecule has 1 aliphatic heterocycles. The molecule has 3 rings (SSSR count). The fraction of sp³-hybridized carbons (Fsp3) is 0.222. The van der Waals surface area contributed by atoms with Gasteiger partial charge in [-0.05, 0) is 31.5 Å². The minimum absolute atomic E-state index is 0.156. The van der Waals surface area contributed by atoms with Gasteiger partial charge in [-0.25, -0.2) is 0 Å². The Kier molecular flexibility index (Phi) is 4.02. The standard InChI is InChI=1S/C18H18N2O3/c1-18(2)17(21)20(12-6-10-14-8-4-3-5-9-14)16(19-23-18)15-11-7-13-22-15/h3-11,13H,12H2,1-2H3/b10-6+. The van der Waals surface area contributed by atoms with Crippen LogP contribution in [0.25, 0.3) is 6.08 Å². The van der Waals surface area contributed by atoms with Crippen molar-refractivity contribution in [3.05, 3.63) is 66.1 Å². The van der Waals surface area contributed by atoms with Crippen molar-refractivity contribution in [2.24, 2.45) is 5.16 Å². The highest BCUT2D eigenvalue weighted by Gasteiger charge is 2.41. The van der Waals surface area contributed by atoms with Crippen LogP contribution in [0.4, 0.5) is 0 Å². The van der Waals surface area contributed by atoms with E-state index in [0.29, 0.717) is 18.1 Å². The third-order valence-corrected chi connectivity index (χ3v) is 3.52. The van der Waals surface area contributed by atoms with E-state index in [0.717, 1.165) is 5.56 Å². The molecular formula is C18H18N2O3. The van der Waals surface area contributed by atoms with Crippen LogP contribution in [-0.4, -0.2) is 28.8 Å². The number of furan rings is 1. The normalized spacial score (nSPS) is 17.2. The van der Waals surface area contributed by atoms with Gasteiger partial charge >= 0.3 is 0 Å². The second kappa shape index (κ2) is 6.12. The van der Waals surface area contributed by atoms with Crippen LogP contribution in [0.1, 0.15) is 25.2 Å². The van der Waals surface area contributed by atoms with Crippen molar-refractivity contribution in [1.82, 2.24) is 4.90 Å². The van der Waals surface area contributed by atoms with E-state index in [1.54, 1.807) is 37.1 Å². The van der Waals surface area contributed by atoms with Crippen LogP contribution >= 0.6 is 0 Å². The number of nitrogens with zero attached hydrogens (tertiary/aromatic N) is 2. The Balaban J connectivity index is 1.84. The molecule has 5 nitrogen and oxygen atoms in total. The minimum Gasteiger partial charge on any atom is -0.461 e. The number of benzene rings is 1. The van der Waals surface area contributed by atoms with E-state index in [-0.39, 0.29) is 5.91 Å². The van der Waals surface area contributed by atoms with Gasteiger partial charge in [-0.3, -0.25) is 9.69 Å². The summed E-state index contributed by atoms with van der Waals surface area (Å²) >= 11 is 0. The molecule has 0 bridgehead atoms. The van der Waals surface area contributed by atoms with Gasteiger partial charge in [0.1, 0.15) is 0 Å². The van der Waals surface area contributed by atoms with Crippen molar-refractivity contribution in [2.75, 3.05) is 6.54 Å². The third-order valence-electron chi connectivity index (χ3n) is 3.52. The molecule has 5 heteroatoms. The van der Waals surface area contributed by atoms with Crippen molar-refractivity contribution in [3.63, 3.8) is 0 Å². The molecule has 0 atom stereocenters. The molecule has 0 spiro atoms. The van der Waals surface area contributed by atoms with E-state index >= 15 is 0 Å². The largest absolute Gasteiger partial charge is 0.461 e. The molecule has 1 aliphatic rings. The van der Waals surface area contributed by atoms with E-state index < -0.39 is 5.60 Å². The molecule has 2 aromatic rings. The summed E-state index contributed by atoms with van der Waals surface area (Å²) in [5.41, 5.74) is 0.0837. The molecule has 0 N–H and O–H groups in total. The highest BCUT2D eigenvalue weighted by atomic mass is 16.7. The number of hydrogen-bond acceptors (Lipinski definition) is 4. The first-order chi connectivity index (χ1) is 11.1. The molecule has 0 radical (unpaired) electrons. The smallest absolute Gasteiger partial charge is 0.275 e. The van der Waals surface area contributed by atoms with Crippen LogP contribution in [-0.2, 0) is 9.63 Å². The van der Waals surface area contributed by atoms with Crippen molar-refractivity contribution in [1.29, 1.82) is 0 Å². The maximum Gasteiger partial charge on any atom is 0.275 e. The van der Waals surface area contributed by atoms with Gasteiger partial charge in [0, 0.05) is 6.54 Å². The van der Waals surface area contributed by atoms with Crippen LogP contribution < -0.4 is 0 Å². The Bertz CT molecular complexity index is 731. The molecule has 0 unspecified atom stereocenters. The van der Waals surface area contributed by atoms with E-state index in [9.17, 15) is 4.79 Å². The van der Waals surface area contributed by atoms with E-state index in [2.05, 4.69) is 5.16 Å². The van der Waals surface area contributed by atoms with Crippen LogP contribution in [0.5, 0.6) is 0 Å². The van der Waals surface area contributed by atoms with Crippen molar-refractivity contribution < 1.29 is 14.0 Å². The number of carbonyl (C=O) groups excluding carboxylic acids is 1. The van der Waals surface area contributed by atoms with Crippen molar-refractivity contribution in [2.45, 2.75) is 19.4 Å². The number of carbonyl (C=O) groups is 1. The average molecular weight is 310 g/mol. The Morgan fingerprint density at radius 2 is 1.96 bits per heavy atom. The minimum atomic E-state index is -0.989. The first kappa shape index (κ1) is 15.1. The maximum atomic E-state index is 12.6. The summed E-state index contributed by atoms with van der Waals surface area (Å²) in [4.78, 5) is 19.5. The van der Waals surface area contributed by atoms with Gasteiger partial charge in [0.2, 0.25) is 11.4 Å². The molecule has 1 amide bonds. The zero-order valence-corrected chi connectivity index (χ0v) is 13.1. The van der Waals surface area contributed by atoms with E-state index in [1.165, 1.54) is 0 Å². The van der Waals surface area contributed by atoms with Crippen molar-refractivity contribution in [3.8, 4) is 0 Å². The highest BCUT2D eigenvalue weighted by Crippen LogP contribution is 2.23. The average Bonchev–Trinajstić information content (AvgIpc) is 3.07. The van der Waals surface area contributed by atoms with Crippen LogP contribution in [0.15, 0.2) is 64.4 Å². The fourth-order valence-corrected chi connectivity index (χ4v) is 2.28. The lowest BCUT2D eigenvalue weighted by Crippen LogP contribution is -2.52. The zero-order valence-electron chi connectivity index (χ0n) is 13.1. The Hall–Kier alpha value is -2.82. The van der Waals surface area contributed by atoms with Gasteiger partial charge in [-0.2, -0.15) is 0 Å². The Labute approximate surface area is 134 Å². The van der Waals surface area contributed by atoms with Crippen molar-refractivity contribution >= 4 is 17.8 Å². The molecule has 0 saturated carbocycles. The molecule has 0 saturated heterocycles. The first-order valence-corrected chi connectivity index (χ1v) is 7.41. The van der Waals surface area contributed by atoms with Crippen LogP contribution in [0.2, 0.25) is 0 Å². The van der Waals surface area contributed by atoms with Gasteiger partial charge in [0.05, 0.1) is 6.26 Å². The summed E-state index contributed by atoms with van der Waals surface area (Å²) in [6, 6.07) is 13.4. The van der Waals surface area contributed by atoms with E-state index in [1.807, 2.05) is 42.5 Å². The second-order valence-corrected chi connectivity index (χ2v) is 5.72. The van der Waals surface area contributed by atoms with Crippen LogP contribution in [0.3, 0.4) is 0 Å². The fourth-order valence-electron chi connectivity index (χ4n) is 2.28. The molecule has 23 heavy (non-hydrogen) atoms. The predicted molar refractivity (Wildman–Crippen MR) is 87.6 cm³/mol. The van der Waals surface area contributed by atoms with E-state index in [4.69, 9.17) is 9.25 Å². The van der Waals surface area contributed by atoms with Gasteiger partial charge < -0.3 is 9.25 Å². The summed E-state index contributed by atoms with van der Waals surface area (Å²) in [5, 5.41) is 4.08. The molecular weight excluding hydrogens is 292 g/mol. The number of rotatable bonds is 4. The summed E-state index contributed by atoms with van der Waals surface area (Å²) in [6.45, 7) is 3.79. The Morgan fingerprint density at radius 1 is 1.17 bits per heavy atom. The lowest BCUT2D eigenvalue weighted by Gasteiger charge is -2.33. The highest BCUT2D eigenvalue weighted by molar-refractivity contribution is 6.09. The quantitative estimate of drug-likeness (QED) is 0.870. The second-order valence-electron chi connectivity index (χ2n) is 5.72. The summed E-state index contributed by atoms with van der Waals surface area (Å²) in [6.07, 6.45) is 5.43. The monoisotopic (exact) mass is 310 g/mol. The van der Waals surface area contributed by atoms with Gasteiger partial charge in [-0.15, -0.1) is 0 Å². The SMILES string of the molecule is CC1(C)ON=C(c2ccco2)N(C/C=C/c2ccccc2)C1=O. The molecule has 1 aromatic carbocycles. The van der Waals surface area contributed by atoms with Gasteiger partial charge in [0.25, 0.3) is 5.91 Å². The number of amidine groups is 1. The predicted octanol–water partition coefficient (Wildman–Crippen LogP) is 3.29. The lowest BCUT2D eigenvalue weighted by molar-refractivity contribution is -0.153. The first-order valence-electron chi connectivity index (χ1n) is 7.41. The number of amides is 1. The molecule has 0 aliphatic carbocycles. The number of hydrogen-bond donors (Lipinski definition) is 0. The molecule has 1 aromatic heterocycles. The van der Waals surface area contributed by atoms with Crippen LogP contribution in [0, 0.1) is 0 Å². The topological polar surface area (TPSA) is 55.0 Å². The summed E-state index contributed by atoms with van der Waals surface area (Å²) in [7, 11) is 0. The van der Waals surface area contributed by atoms with Gasteiger partial charge in [-0.1, -0.05) is 47.6 Å². The Morgan fingerprint density at radius 3 is 2.65 bits per heavy atom. The zero-order chi connectivity index (χ0) is 16.3. The maximum absolute atomic E-state index is 12.6. The summed E-state index contributed by atoms with van der Waals surface area (Å²) in [5.74, 6) is 0.732. The van der Waals surface area contributed by atoms with Gasteiger partial charge in [0.15, 0.2) is 5.76 Å². The third kappa shape index (κ3) is 3.18. The molecule has 2 heterocycles. The molecule has 0 fully saturated rings. The molecule has 118 valence electrons. The number of oxime groups is 1. The summed E-state index contributed by atoms with van der Waals surface area (Å²) < 4.78 is 5.36. The lowest BCUT2D eigenvalue weighted by atomic mass is 10.1.